The Kier molecular flexibility index (Phi) is 40.8. The predicted molar refractivity (Wildman–Crippen MR) is 406 cm³/mol. The van der Waals surface area contributed by atoms with Crippen LogP contribution in [0.25, 0.3) is 0 Å². The van der Waals surface area contributed by atoms with Gasteiger partial charge in [0.2, 0.25) is 0 Å². The molecule has 12 aromatic carbocycles. The van der Waals surface area contributed by atoms with Gasteiger partial charge in [0.15, 0.2) is 0 Å². The van der Waals surface area contributed by atoms with Crippen LogP contribution in [0.5, 0.6) is 5.75 Å². The molecule has 0 spiro atoms. The summed E-state index contributed by atoms with van der Waals surface area (Å²) in [5.41, 5.74) is 12.9. The van der Waals surface area contributed by atoms with Crippen LogP contribution in [0.2, 0.25) is 0 Å². The summed E-state index contributed by atoms with van der Waals surface area (Å²) >= 11 is 3.64. The molecule has 0 aromatic heterocycles. The highest BCUT2D eigenvalue weighted by Crippen LogP contribution is 2.33. The third-order valence-electron chi connectivity index (χ3n) is 14.0. The van der Waals surface area contributed by atoms with Crippen molar-refractivity contribution in [1.82, 2.24) is 5.32 Å². The van der Waals surface area contributed by atoms with Crippen LogP contribution in [0.3, 0.4) is 0 Å². The molecule has 0 radical (unpaired) electrons. The van der Waals surface area contributed by atoms with Gasteiger partial charge >= 0.3 is 0 Å². The number of methoxy groups -OCH3 is 2. The molecule has 4 nitrogen and oxygen atoms in total. The van der Waals surface area contributed by atoms with Crippen LogP contribution in [-0.4, -0.2) is 40.8 Å². The predicted octanol–water partition coefficient (Wildman–Crippen LogP) is 23.5. The first-order valence-electron chi connectivity index (χ1n) is 30.4. The van der Waals surface area contributed by atoms with Crippen LogP contribution in [-0.2, 0) is 4.74 Å². The highest BCUT2D eigenvalue weighted by Gasteiger charge is 2.13. The van der Waals surface area contributed by atoms with Crippen molar-refractivity contribution in [2.45, 2.75) is 56.9 Å². The first kappa shape index (κ1) is 77.1. The van der Waals surface area contributed by atoms with E-state index in [9.17, 15) is 0 Å². The molecule has 0 saturated heterocycles. The molecule has 92 heavy (non-hydrogen) atoms. The molecule has 6 heteroatoms. The average Bonchev–Trinajstić information content (AvgIpc) is 1.40. The van der Waals surface area contributed by atoms with Crippen molar-refractivity contribution in [3.05, 3.63) is 414 Å². The Balaban J connectivity index is 0.000000278. The van der Waals surface area contributed by atoms with Gasteiger partial charge in [-0.3, -0.25) is 0 Å². The Morgan fingerprint density at radius 3 is 0.826 bits per heavy atom. The normalized spacial score (nSPS) is 9.70. The van der Waals surface area contributed by atoms with Crippen molar-refractivity contribution in [1.29, 1.82) is 0 Å². The summed E-state index contributed by atoms with van der Waals surface area (Å²) in [6, 6.07) is 125. The Bertz CT molecular complexity index is 3100. The second-order valence-corrected chi connectivity index (χ2v) is 22.1. The minimum atomic E-state index is 0. The molecule has 2 N–H and O–H groups in total. The van der Waals surface area contributed by atoms with Crippen molar-refractivity contribution < 1.29 is 9.47 Å². The molecular weight excluding hydrogens is 1160 g/mol. The maximum Gasteiger partial charge on any atom is 0.118 e. The van der Waals surface area contributed by atoms with Gasteiger partial charge in [-0.15, -0.1) is 11.8 Å². The fourth-order valence-electron chi connectivity index (χ4n) is 9.19. The third kappa shape index (κ3) is 30.1. The van der Waals surface area contributed by atoms with Crippen LogP contribution in [0.4, 0.5) is 5.69 Å². The number of rotatable bonds is 14. The van der Waals surface area contributed by atoms with Crippen molar-refractivity contribution in [3.8, 4) is 5.75 Å². The summed E-state index contributed by atoms with van der Waals surface area (Å²) in [7, 11) is 7.31. The van der Waals surface area contributed by atoms with Gasteiger partial charge in [0.05, 0.1) is 18.4 Å². The SMILES string of the molecule is C.C.CC(c1ccccc1)c1ccccc1.CNC(c1ccccc1)c1ccccc1.CNc1ccccc1.COC(c1ccccc1)c1ccccc1.COc1ccccc1.CSC(c1ccccc1)c1ccccc1.CSc1ccccc1.Cc1ccccc1. The zero-order valence-electron chi connectivity index (χ0n) is 53.6. The Morgan fingerprint density at radius 1 is 0.326 bits per heavy atom. The molecule has 0 heterocycles. The highest BCUT2D eigenvalue weighted by atomic mass is 32.2. The number of para-hydroxylation sites is 2. The molecule has 12 rings (SSSR count). The second-order valence-electron chi connectivity index (χ2n) is 20.3. The van der Waals surface area contributed by atoms with Gasteiger partial charge in [-0.2, -0.15) is 11.8 Å². The number of aryl methyl sites for hydroxylation is 1. The van der Waals surface area contributed by atoms with Gasteiger partial charge < -0.3 is 20.1 Å². The molecule has 0 aliphatic carbocycles. The molecule has 0 aliphatic heterocycles. The van der Waals surface area contributed by atoms with Gasteiger partial charge in [-0.25, -0.2) is 0 Å². The average molecular weight is 1260 g/mol. The summed E-state index contributed by atoms with van der Waals surface area (Å²) in [6.07, 6.45) is 4.27. The van der Waals surface area contributed by atoms with E-state index in [1.165, 1.54) is 55.0 Å². The minimum absolute atomic E-state index is 0. The zero-order valence-corrected chi connectivity index (χ0v) is 55.2. The van der Waals surface area contributed by atoms with E-state index >= 15 is 0 Å². The number of nitrogens with one attached hydrogen (secondary N) is 2. The van der Waals surface area contributed by atoms with E-state index in [2.05, 4.69) is 255 Å². The fourth-order valence-corrected chi connectivity index (χ4v) is 10.5. The lowest BCUT2D eigenvalue weighted by Crippen LogP contribution is -2.17. The van der Waals surface area contributed by atoms with Crippen molar-refractivity contribution in [3.63, 3.8) is 0 Å². The Hall–Kier alpha value is -9.14. The maximum atomic E-state index is 5.52. The summed E-state index contributed by atoms with van der Waals surface area (Å²) in [4.78, 5) is 1.33. The number of ether oxygens (including phenoxy) is 2. The van der Waals surface area contributed by atoms with Gasteiger partial charge in [0.1, 0.15) is 11.9 Å². The monoisotopic (exact) mass is 1250 g/mol. The van der Waals surface area contributed by atoms with Crippen molar-refractivity contribution in [2.24, 2.45) is 0 Å². The topological polar surface area (TPSA) is 42.5 Å². The van der Waals surface area contributed by atoms with E-state index in [1.807, 2.05) is 171 Å². The Labute approximate surface area is 563 Å². The lowest BCUT2D eigenvalue weighted by Gasteiger charge is -2.16. The van der Waals surface area contributed by atoms with E-state index in [0.29, 0.717) is 11.2 Å². The number of thioether (sulfide) groups is 2. The fraction of sp³-hybridized carbons (Fsp3) is 0.163. The first-order chi connectivity index (χ1) is 44.3. The van der Waals surface area contributed by atoms with Gasteiger partial charge in [0.25, 0.3) is 0 Å². The van der Waals surface area contributed by atoms with Gasteiger partial charge in [0, 0.05) is 30.7 Å². The van der Waals surface area contributed by atoms with E-state index in [0.717, 1.165) is 11.4 Å². The van der Waals surface area contributed by atoms with Crippen LogP contribution in [0, 0.1) is 6.92 Å². The molecule has 0 atom stereocenters. The molecule has 0 saturated carbocycles. The van der Waals surface area contributed by atoms with Crippen molar-refractivity contribution >= 4 is 29.2 Å². The largest absolute Gasteiger partial charge is 0.497 e. The molecule has 12 aromatic rings. The lowest BCUT2D eigenvalue weighted by molar-refractivity contribution is 0.136. The number of anilines is 1. The smallest absolute Gasteiger partial charge is 0.118 e. The molecule has 0 fully saturated rings. The highest BCUT2D eigenvalue weighted by molar-refractivity contribution is 7.99. The van der Waals surface area contributed by atoms with Crippen LogP contribution in [0.1, 0.15) is 95.2 Å². The molecule has 0 amide bonds. The van der Waals surface area contributed by atoms with E-state index in [4.69, 9.17) is 9.47 Å². The summed E-state index contributed by atoms with van der Waals surface area (Å²) in [5.74, 6) is 1.39. The van der Waals surface area contributed by atoms with E-state index in [1.54, 1.807) is 26.0 Å². The number of hydrogen-bond donors (Lipinski definition) is 2. The molecule has 0 unspecified atom stereocenters. The minimum Gasteiger partial charge on any atom is -0.497 e. The molecular formula is C86H98N2O2S2. The Morgan fingerprint density at radius 2 is 0.598 bits per heavy atom. The second kappa shape index (κ2) is 48.7. The quantitative estimate of drug-likeness (QED) is 0.106. The van der Waals surface area contributed by atoms with E-state index in [-0.39, 0.29) is 27.0 Å². The van der Waals surface area contributed by atoms with Crippen molar-refractivity contribution in [2.75, 3.05) is 46.1 Å². The lowest BCUT2D eigenvalue weighted by atomic mass is 9.93. The summed E-state index contributed by atoms with van der Waals surface area (Å²) in [5, 5.41) is 6.81. The maximum absolute atomic E-state index is 5.52. The standard InChI is InChI=1S/C14H15N.C14H14O.C14H14S.C14H14.C7H9N.C7H8O.C7H8S.C7H8.2CH4/c3*1-15-14(12-8-4-2-5-9-12)13-10-6-3-7-11-13;1-12(13-8-4-2-5-9-13)14-10-6-3-7-11-14;3*1-8-7-5-3-2-4-6-7;1-7-5-3-2-4-6-7;;/h2-11,14-15H,1H3;2*2-11,14H,1H3;2-12H,1H3;2-6,8H,1H3;2*2-6H,1H3;2-6H,1H3;2*1H4. The molecule has 476 valence electrons. The summed E-state index contributed by atoms with van der Waals surface area (Å²) < 4.78 is 10.4. The van der Waals surface area contributed by atoms with Crippen LogP contribution < -0.4 is 15.4 Å². The van der Waals surface area contributed by atoms with Gasteiger partial charge in [-0.05, 0) is 107 Å². The van der Waals surface area contributed by atoms with Crippen LogP contribution in [0.15, 0.2) is 369 Å². The molecule has 0 aliphatic rings. The zero-order chi connectivity index (χ0) is 63.9. The van der Waals surface area contributed by atoms with Crippen LogP contribution >= 0.6 is 23.5 Å². The first-order valence-corrected chi connectivity index (χ1v) is 32.9. The third-order valence-corrected chi connectivity index (χ3v) is 15.8. The number of benzene rings is 12. The summed E-state index contributed by atoms with van der Waals surface area (Å²) in [6.45, 7) is 4.32. The van der Waals surface area contributed by atoms with E-state index < -0.39 is 0 Å². The van der Waals surface area contributed by atoms with Gasteiger partial charge in [-0.1, -0.05) is 355 Å². The molecule has 0 bridgehead atoms. The number of hydrogen-bond acceptors (Lipinski definition) is 6.